The van der Waals surface area contributed by atoms with Gasteiger partial charge in [0.1, 0.15) is 24.0 Å². The highest BCUT2D eigenvalue weighted by Crippen LogP contribution is 2.23. The first-order chi connectivity index (χ1) is 19.8. The number of aliphatic hydroxyl groups excluding tert-OH is 1. The number of β-amino-alcohol motifs (C(OH)–C–C–N with tert-alkyl or cyclic N) is 1. The van der Waals surface area contributed by atoms with Crippen molar-refractivity contribution in [1.82, 2.24) is 25.2 Å². The minimum Gasteiger partial charge on any atom is -0.489 e. The number of hydrogen-bond donors (Lipinski definition) is 4. The quantitative estimate of drug-likeness (QED) is 0.200. The second-order valence-electron chi connectivity index (χ2n) is 11.1. The maximum Gasteiger partial charge on any atom is 0.255 e. The molecule has 4 N–H and O–H groups in total. The number of imidazole rings is 1. The summed E-state index contributed by atoms with van der Waals surface area (Å²) in [6.07, 6.45) is 2.50. The Kier molecular flexibility index (Phi) is 9.14. The molecule has 0 aliphatic carbocycles. The molecule has 0 radical (unpaired) electrons. The van der Waals surface area contributed by atoms with Crippen LogP contribution in [0.1, 0.15) is 41.0 Å². The van der Waals surface area contributed by atoms with Gasteiger partial charge in [-0.3, -0.25) is 9.78 Å². The second-order valence-corrected chi connectivity index (χ2v) is 11.5. The molecule has 1 amide bonds. The van der Waals surface area contributed by atoms with Gasteiger partial charge in [0.05, 0.1) is 24.3 Å². The highest BCUT2D eigenvalue weighted by molar-refractivity contribution is 7.71. The molecule has 4 aromatic rings. The van der Waals surface area contributed by atoms with E-state index in [1.165, 1.54) is 5.56 Å². The van der Waals surface area contributed by atoms with Crippen molar-refractivity contribution in [3.05, 3.63) is 87.9 Å². The SMILES string of the molecule is CC(C)(Cc1ccc(Cc2ccc(C(=O)N3CCOCC3)cn2)cc1)NCC(O)COc1cccc2[nH]c(=S)[nH]c12. The Bertz CT molecular complexity index is 1510. The van der Waals surface area contributed by atoms with E-state index in [1.54, 1.807) is 6.20 Å². The summed E-state index contributed by atoms with van der Waals surface area (Å²) in [4.78, 5) is 25.1. The second kappa shape index (κ2) is 12.9. The smallest absolute Gasteiger partial charge is 0.255 e. The van der Waals surface area contributed by atoms with Gasteiger partial charge in [-0.25, -0.2) is 0 Å². The van der Waals surface area contributed by atoms with Crippen LogP contribution in [0.4, 0.5) is 0 Å². The molecule has 0 bridgehead atoms. The molecule has 1 fully saturated rings. The van der Waals surface area contributed by atoms with Crippen LogP contribution in [0.25, 0.3) is 11.0 Å². The number of amides is 1. The standard InChI is InChI=1S/C31H37N5O4S/c1-31(2,33-19-25(37)20-40-27-5-3-4-26-28(27)35-30(41)34-26)17-22-8-6-21(7-9-22)16-24-11-10-23(18-32-24)29(38)36-12-14-39-15-13-36/h3-11,18,25,33,37H,12-17,19-20H2,1-2H3,(H2,34,35,41). The van der Waals surface area contributed by atoms with E-state index in [0.29, 0.717) is 55.4 Å². The fourth-order valence-electron chi connectivity index (χ4n) is 4.95. The molecule has 41 heavy (non-hydrogen) atoms. The number of aliphatic hydroxyl groups is 1. The summed E-state index contributed by atoms with van der Waals surface area (Å²) in [6.45, 7) is 7.22. The molecule has 1 atom stereocenters. The lowest BCUT2D eigenvalue weighted by Gasteiger charge is -2.28. The molecular weight excluding hydrogens is 538 g/mol. The highest BCUT2D eigenvalue weighted by Gasteiger charge is 2.21. The number of aromatic nitrogens is 3. The van der Waals surface area contributed by atoms with E-state index in [9.17, 15) is 9.90 Å². The number of fused-ring (bicyclic) bond motifs is 1. The maximum absolute atomic E-state index is 12.6. The minimum absolute atomic E-state index is 0.00677. The number of rotatable bonds is 11. The van der Waals surface area contributed by atoms with E-state index in [-0.39, 0.29) is 18.1 Å². The number of nitrogens with one attached hydrogen (secondary N) is 3. The van der Waals surface area contributed by atoms with E-state index < -0.39 is 6.10 Å². The Hall–Kier alpha value is -3.57. The van der Waals surface area contributed by atoms with Gasteiger partial charge in [0.2, 0.25) is 0 Å². The number of H-pyrrole nitrogens is 2. The van der Waals surface area contributed by atoms with Crippen LogP contribution >= 0.6 is 12.2 Å². The van der Waals surface area contributed by atoms with Crippen LogP contribution in [0.5, 0.6) is 5.75 Å². The predicted molar refractivity (Wildman–Crippen MR) is 161 cm³/mol. The van der Waals surface area contributed by atoms with Gasteiger partial charge in [0.15, 0.2) is 4.77 Å². The summed E-state index contributed by atoms with van der Waals surface area (Å²) in [5.41, 5.74) is 5.34. The number of pyridine rings is 1. The Balaban J connectivity index is 1.08. The lowest BCUT2D eigenvalue weighted by molar-refractivity contribution is 0.0302. The van der Waals surface area contributed by atoms with E-state index >= 15 is 0 Å². The lowest BCUT2D eigenvalue weighted by Crippen LogP contribution is -2.46. The van der Waals surface area contributed by atoms with Gasteiger partial charge in [-0.05, 0) is 67.9 Å². The average Bonchev–Trinajstić information content (AvgIpc) is 3.37. The first kappa shape index (κ1) is 28.9. The Labute approximate surface area is 244 Å². The van der Waals surface area contributed by atoms with Crippen LogP contribution in [0.2, 0.25) is 0 Å². The van der Waals surface area contributed by atoms with Crippen molar-refractivity contribution < 1.29 is 19.4 Å². The van der Waals surface area contributed by atoms with E-state index in [4.69, 9.17) is 21.7 Å². The Morgan fingerprint density at radius 1 is 1.12 bits per heavy atom. The zero-order valence-electron chi connectivity index (χ0n) is 23.5. The number of hydrogen-bond acceptors (Lipinski definition) is 7. The fraction of sp³-hybridized carbons (Fsp3) is 0.387. The molecule has 0 saturated carbocycles. The van der Waals surface area contributed by atoms with E-state index in [1.807, 2.05) is 35.2 Å². The molecule has 2 aromatic heterocycles. The number of carbonyl (C=O) groups is 1. The third-order valence-electron chi connectivity index (χ3n) is 7.18. The van der Waals surface area contributed by atoms with Gasteiger partial charge in [-0.1, -0.05) is 30.3 Å². The van der Waals surface area contributed by atoms with Crippen LogP contribution in [-0.2, 0) is 17.6 Å². The van der Waals surface area contributed by atoms with Gasteiger partial charge in [-0.2, -0.15) is 0 Å². The number of carbonyl (C=O) groups excluding carboxylic acids is 1. The van der Waals surface area contributed by atoms with Crippen LogP contribution in [0, 0.1) is 4.77 Å². The molecule has 1 unspecified atom stereocenters. The summed E-state index contributed by atoms with van der Waals surface area (Å²) < 4.78 is 11.7. The average molecular weight is 576 g/mol. The van der Waals surface area contributed by atoms with Crippen LogP contribution in [0.3, 0.4) is 0 Å². The van der Waals surface area contributed by atoms with Gasteiger partial charge in [0.25, 0.3) is 5.91 Å². The monoisotopic (exact) mass is 575 g/mol. The first-order valence-electron chi connectivity index (χ1n) is 13.9. The Morgan fingerprint density at radius 2 is 1.88 bits per heavy atom. The number of morpholine rings is 1. The molecule has 0 spiro atoms. The summed E-state index contributed by atoms with van der Waals surface area (Å²) in [5.74, 6) is 0.660. The molecule has 216 valence electrons. The third-order valence-corrected chi connectivity index (χ3v) is 7.39. The first-order valence-corrected chi connectivity index (χ1v) is 14.3. The molecule has 10 heteroatoms. The molecule has 1 saturated heterocycles. The molecule has 1 aliphatic rings. The van der Waals surface area contributed by atoms with Gasteiger partial charge < -0.3 is 34.8 Å². The minimum atomic E-state index is -0.670. The highest BCUT2D eigenvalue weighted by atomic mass is 32.1. The molecular formula is C31H37N5O4S. The number of para-hydroxylation sites is 1. The molecule has 1 aliphatic heterocycles. The van der Waals surface area contributed by atoms with Crippen molar-refractivity contribution in [3.63, 3.8) is 0 Å². The normalized spacial score (nSPS) is 14.8. The topological polar surface area (TPSA) is 116 Å². The largest absolute Gasteiger partial charge is 0.489 e. The van der Waals surface area contributed by atoms with E-state index in [2.05, 4.69) is 58.4 Å². The zero-order chi connectivity index (χ0) is 28.8. The molecule has 2 aromatic carbocycles. The number of aromatic amines is 2. The van der Waals surface area contributed by atoms with Gasteiger partial charge in [-0.15, -0.1) is 0 Å². The van der Waals surface area contributed by atoms with E-state index in [0.717, 1.165) is 28.7 Å². The summed E-state index contributed by atoms with van der Waals surface area (Å²) in [5, 5.41) is 14.0. The molecule has 3 heterocycles. The summed E-state index contributed by atoms with van der Waals surface area (Å²) in [7, 11) is 0. The number of ether oxygens (including phenoxy) is 2. The van der Waals surface area contributed by atoms with Crippen molar-refractivity contribution >= 4 is 29.2 Å². The summed E-state index contributed by atoms with van der Waals surface area (Å²) in [6, 6.07) is 18.0. The van der Waals surface area contributed by atoms with Crippen LogP contribution in [0.15, 0.2) is 60.8 Å². The van der Waals surface area contributed by atoms with Crippen molar-refractivity contribution in [2.45, 2.75) is 38.3 Å². The number of nitrogens with zero attached hydrogens (tertiary/aromatic N) is 2. The van der Waals surface area contributed by atoms with Crippen molar-refractivity contribution in [2.75, 3.05) is 39.5 Å². The maximum atomic E-state index is 12.6. The zero-order valence-corrected chi connectivity index (χ0v) is 24.3. The number of benzene rings is 2. The van der Waals surface area contributed by atoms with Crippen LogP contribution in [-0.4, -0.2) is 82.0 Å². The summed E-state index contributed by atoms with van der Waals surface area (Å²) >= 11 is 5.17. The predicted octanol–water partition coefficient (Wildman–Crippen LogP) is 4.03. The van der Waals surface area contributed by atoms with Crippen LogP contribution < -0.4 is 10.1 Å². The van der Waals surface area contributed by atoms with Crippen molar-refractivity contribution in [2.24, 2.45) is 0 Å². The third kappa shape index (κ3) is 7.80. The van der Waals surface area contributed by atoms with Gasteiger partial charge in [0, 0.05) is 43.5 Å². The van der Waals surface area contributed by atoms with Gasteiger partial charge >= 0.3 is 0 Å². The van der Waals surface area contributed by atoms with Crippen molar-refractivity contribution in [1.29, 1.82) is 0 Å². The molecule has 5 rings (SSSR count). The van der Waals surface area contributed by atoms with Crippen molar-refractivity contribution in [3.8, 4) is 5.75 Å². The Morgan fingerprint density at radius 3 is 2.61 bits per heavy atom. The fourth-order valence-corrected chi connectivity index (χ4v) is 5.16. The molecule has 9 nitrogen and oxygen atoms in total. The lowest BCUT2D eigenvalue weighted by atomic mass is 9.93.